The summed E-state index contributed by atoms with van der Waals surface area (Å²) in [7, 11) is -3.06. The topological polar surface area (TPSA) is 190 Å². The number of hydrogen-bond donors (Lipinski definition) is 6. The SMILES string of the molecule is CCCCNc1cc(C(=O)NC[C@H]2OC(OC)[C@H](O)[C@@H](O)[C@H]2O)cc(S(N)(=O)=O)c1Oc1ccccc1. The number of sulfonamides is 1. The van der Waals surface area contributed by atoms with E-state index in [9.17, 15) is 28.5 Å². The molecule has 13 heteroatoms. The number of methoxy groups -OCH3 is 1. The number of benzene rings is 2. The molecule has 37 heavy (non-hydrogen) atoms. The van der Waals surface area contributed by atoms with Crippen LogP contribution in [0.15, 0.2) is 47.4 Å². The standard InChI is InChI=1S/C24H33N3O9S/c1-3-4-10-26-16-11-14(12-18(37(25,32)33)22(16)35-15-8-6-5-7-9-15)23(31)27-13-17-19(28)20(29)21(30)24(34-2)36-17/h5-9,11-12,17,19-21,24,26,28-30H,3-4,10,13H2,1-2H3,(H,27,31)(H2,25,32,33)/t17-,19+,20+,21-,24?/m1/s1. The molecule has 2 aromatic carbocycles. The average molecular weight is 540 g/mol. The monoisotopic (exact) mass is 539 g/mol. The number of primary sulfonamides is 1. The molecule has 1 saturated heterocycles. The first-order valence-electron chi connectivity index (χ1n) is 11.7. The van der Waals surface area contributed by atoms with E-state index in [4.69, 9.17) is 19.3 Å². The molecule has 1 heterocycles. The van der Waals surface area contributed by atoms with Crippen LogP contribution in [0.25, 0.3) is 0 Å². The van der Waals surface area contributed by atoms with Crippen LogP contribution in [-0.2, 0) is 19.5 Å². The van der Waals surface area contributed by atoms with Crippen molar-refractivity contribution in [3.8, 4) is 11.5 Å². The number of hydrogen-bond acceptors (Lipinski definition) is 10. The van der Waals surface area contributed by atoms with Gasteiger partial charge in [-0.05, 0) is 30.7 Å². The summed E-state index contributed by atoms with van der Waals surface area (Å²) in [5, 5.41) is 41.3. The van der Waals surface area contributed by atoms with Crippen LogP contribution in [0.1, 0.15) is 30.1 Å². The normalized spacial score (nSPS) is 23.9. The largest absolute Gasteiger partial charge is 0.454 e. The summed E-state index contributed by atoms with van der Waals surface area (Å²) in [4.78, 5) is 12.6. The Morgan fingerprint density at radius 1 is 1.11 bits per heavy atom. The highest BCUT2D eigenvalue weighted by Crippen LogP contribution is 2.37. The van der Waals surface area contributed by atoms with Gasteiger partial charge in [0.25, 0.3) is 5.91 Å². The van der Waals surface area contributed by atoms with Gasteiger partial charge < -0.3 is 40.2 Å². The van der Waals surface area contributed by atoms with Crippen molar-refractivity contribution in [3.63, 3.8) is 0 Å². The molecule has 1 aliphatic heterocycles. The zero-order chi connectivity index (χ0) is 27.2. The minimum atomic E-state index is -4.32. The van der Waals surface area contributed by atoms with Gasteiger partial charge in [0, 0.05) is 25.8 Å². The number of unbranched alkanes of at least 4 members (excludes halogenated alkanes) is 1. The van der Waals surface area contributed by atoms with Crippen LogP contribution in [0, 0.1) is 0 Å². The van der Waals surface area contributed by atoms with E-state index in [1.165, 1.54) is 13.2 Å². The number of carbonyl (C=O) groups is 1. The quantitative estimate of drug-likeness (QED) is 0.220. The third kappa shape index (κ3) is 7.17. The minimum absolute atomic E-state index is 0.0439. The molecule has 0 radical (unpaired) electrons. The lowest BCUT2D eigenvalue weighted by molar-refractivity contribution is -0.288. The van der Waals surface area contributed by atoms with Crippen molar-refractivity contribution in [1.29, 1.82) is 0 Å². The maximum absolute atomic E-state index is 13.0. The summed E-state index contributed by atoms with van der Waals surface area (Å²) < 4.78 is 41.3. The fourth-order valence-electron chi connectivity index (χ4n) is 3.76. The molecule has 0 bridgehead atoms. The van der Waals surface area contributed by atoms with Gasteiger partial charge in [-0.25, -0.2) is 13.6 Å². The number of para-hydroxylation sites is 1. The molecule has 0 spiro atoms. The molecule has 1 amide bonds. The number of aliphatic hydroxyl groups is 3. The third-order valence-corrected chi connectivity index (χ3v) is 6.71. The lowest BCUT2D eigenvalue weighted by Gasteiger charge is -2.39. The maximum atomic E-state index is 13.0. The number of aliphatic hydroxyl groups excluding tert-OH is 3. The molecule has 3 rings (SSSR count). The number of amides is 1. The van der Waals surface area contributed by atoms with Gasteiger partial charge in [-0.3, -0.25) is 4.79 Å². The van der Waals surface area contributed by atoms with E-state index in [2.05, 4.69) is 10.6 Å². The Morgan fingerprint density at radius 3 is 2.43 bits per heavy atom. The number of nitrogens with one attached hydrogen (secondary N) is 2. The average Bonchev–Trinajstić information content (AvgIpc) is 2.87. The molecule has 2 aromatic rings. The molecular formula is C24H33N3O9S. The second-order valence-corrected chi connectivity index (χ2v) is 10.1. The molecule has 5 atom stereocenters. The molecule has 1 fully saturated rings. The number of nitrogens with two attached hydrogens (primary N) is 1. The van der Waals surface area contributed by atoms with E-state index in [1.54, 1.807) is 30.3 Å². The summed E-state index contributed by atoms with van der Waals surface area (Å²) in [6.45, 7) is 2.21. The van der Waals surface area contributed by atoms with Gasteiger partial charge in [0.15, 0.2) is 12.0 Å². The zero-order valence-electron chi connectivity index (χ0n) is 20.5. The lowest BCUT2D eigenvalue weighted by Crippen LogP contribution is -2.60. The summed E-state index contributed by atoms with van der Waals surface area (Å²) in [6.07, 6.45) is -5.20. The summed E-state index contributed by atoms with van der Waals surface area (Å²) >= 11 is 0. The number of rotatable bonds is 11. The Labute approximate surface area is 215 Å². The third-order valence-electron chi connectivity index (χ3n) is 5.80. The van der Waals surface area contributed by atoms with Crippen molar-refractivity contribution < 1.29 is 42.7 Å². The van der Waals surface area contributed by atoms with Crippen LogP contribution >= 0.6 is 0 Å². The predicted molar refractivity (Wildman–Crippen MR) is 134 cm³/mol. The van der Waals surface area contributed by atoms with Crippen molar-refractivity contribution in [2.75, 3.05) is 25.5 Å². The van der Waals surface area contributed by atoms with E-state index < -0.39 is 51.5 Å². The predicted octanol–water partition coefficient (Wildman–Crippen LogP) is 0.522. The molecule has 12 nitrogen and oxygen atoms in total. The summed E-state index contributed by atoms with van der Waals surface area (Å²) in [5.41, 5.74) is 0.207. The van der Waals surface area contributed by atoms with Crippen molar-refractivity contribution >= 4 is 21.6 Å². The fourth-order valence-corrected chi connectivity index (χ4v) is 4.46. The highest BCUT2D eigenvalue weighted by Gasteiger charge is 2.44. The molecule has 7 N–H and O–H groups in total. The molecule has 1 unspecified atom stereocenters. The van der Waals surface area contributed by atoms with Crippen LogP contribution in [0.3, 0.4) is 0 Å². The summed E-state index contributed by atoms with van der Waals surface area (Å²) in [6, 6.07) is 11.1. The first kappa shape index (κ1) is 28.8. The van der Waals surface area contributed by atoms with Gasteiger partial charge in [0.05, 0.1) is 5.69 Å². The van der Waals surface area contributed by atoms with E-state index in [0.717, 1.165) is 18.9 Å². The number of carbonyl (C=O) groups excluding carboxylic acids is 1. The Kier molecular flexibility index (Phi) is 9.84. The second kappa shape index (κ2) is 12.6. The van der Waals surface area contributed by atoms with Gasteiger partial charge >= 0.3 is 0 Å². The summed E-state index contributed by atoms with van der Waals surface area (Å²) in [5.74, 6) is -0.368. The van der Waals surface area contributed by atoms with E-state index in [1.807, 2.05) is 6.92 Å². The lowest BCUT2D eigenvalue weighted by atomic mass is 9.99. The molecule has 204 valence electrons. The van der Waals surface area contributed by atoms with Crippen molar-refractivity contribution in [3.05, 3.63) is 48.0 Å². The van der Waals surface area contributed by atoms with E-state index in [0.29, 0.717) is 12.3 Å². The Bertz CT molecular complexity index is 1160. The van der Waals surface area contributed by atoms with E-state index in [-0.39, 0.29) is 23.5 Å². The molecular weight excluding hydrogens is 506 g/mol. The van der Waals surface area contributed by atoms with Gasteiger partial charge in [-0.15, -0.1) is 0 Å². The van der Waals surface area contributed by atoms with Crippen molar-refractivity contribution in [1.82, 2.24) is 5.32 Å². The van der Waals surface area contributed by atoms with Gasteiger partial charge in [-0.2, -0.15) is 0 Å². The Hall–Kier alpha value is -2.78. The smallest absolute Gasteiger partial charge is 0.251 e. The molecule has 1 aliphatic rings. The van der Waals surface area contributed by atoms with Crippen molar-refractivity contribution in [2.24, 2.45) is 5.14 Å². The molecule has 0 saturated carbocycles. The first-order valence-corrected chi connectivity index (χ1v) is 13.3. The second-order valence-electron chi connectivity index (χ2n) is 8.55. The first-order chi connectivity index (χ1) is 17.6. The number of anilines is 1. The fraction of sp³-hybridized carbons (Fsp3) is 0.458. The van der Waals surface area contributed by atoms with Crippen LogP contribution < -0.4 is 20.5 Å². The Morgan fingerprint density at radius 2 is 1.81 bits per heavy atom. The zero-order valence-corrected chi connectivity index (χ0v) is 21.3. The molecule has 0 aromatic heterocycles. The Balaban J connectivity index is 1.90. The van der Waals surface area contributed by atoms with E-state index >= 15 is 0 Å². The highest BCUT2D eigenvalue weighted by molar-refractivity contribution is 7.89. The van der Waals surface area contributed by atoms with Gasteiger partial charge in [0.2, 0.25) is 10.0 Å². The number of ether oxygens (including phenoxy) is 3. The van der Waals surface area contributed by atoms with Crippen LogP contribution in [0.5, 0.6) is 11.5 Å². The van der Waals surface area contributed by atoms with Crippen LogP contribution in [0.4, 0.5) is 5.69 Å². The van der Waals surface area contributed by atoms with Gasteiger partial charge in [-0.1, -0.05) is 31.5 Å². The van der Waals surface area contributed by atoms with Crippen molar-refractivity contribution in [2.45, 2.75) is 55.4 Å². The van der Waals surface area contributed by atoms with Crippen LogP contribution in [-0.4, -0.2) is 80.5 Å². The van der Waals surface area contributed by atoms with Crippen LogP contribution in [0.2, 0.25) is 0 Å². The highest BCUT2D eigenvalue weighted by atomic mass is 32.2. The maximum Gasteiger partial charge on any atom is 0.251 e. The minimum Gasteiger partial charge on any atom is -0.454 e. The molecule has 0 aliphatic carbocycles. The van der Waals surface area contributed by atoms with Gasteiger partial charge in [0.1, 0.15) is 35.1 Å².